The summed E-state index contributed by atoms with van der Waals surface area (Å²) in [5.74, 6) is -2.09. The quantitative estimate of drug-likeness (QED) is 0.759. The molecule has 1 fully saturated rings. The number of amides is 2. The number of carboxylic acids is 1. The molecule has 20 heavy (non-hydrogen) atoms. The number of hydrogen-bond donors (Lipinski definition) is 1. The molecule has 8 nitrogen and oxygen atoms in total. The maximum Gasteiger partial charge on any atom is 0.358 e. The lowest BCUT2D eigenvalue weighted by atomic mass is 10.2. The molecule has 2 rings (SSSR count). The Morgan fingerprint density at radius 1 is 1.35 bits per heavy atom. The molecule has 1 aromatic heterocycles. The predicted octanol–water partition coefficient (Wildman–Crippen LogP) is -0.0464. The molecule has 2 amide bonds. The molecule has 1 aromatic rings. The minimum atomic E-state index is -1.20. The lowest BCUT2D eigenvalue weighted by molar-refractivity contribution is -0.156. The topological polar surface area (TPSA) is 104 Å². The first-order valence-corrected chi connectivity index (χ1v) is 6.30. The Kier molecular flexibility index (Phi) is 4.02. The van der Waals surface area contributed by atoms with E-state index in [2.05, 4.69) is 5.16 Å². The molecule has 0 radical (unpaired) electrons. The SMILES string of the molecule is CCCN1CCN(Cc2cc(C(=O)O)no2)C(=O)C1=O. The van der Waals surface area contributed by atoms with E-state index in [-0.39, 0.29) is 18.0 Å². The molecular weight excluding hydrogens is 266 g/mol. The third kappa shape index (κ3) is 2.79. The summed E-state index contributed by atoms with van der Waals surface area (Å²) in [5, 5.41) is 12.1. The molecule has 1 saturated heterocycles. The minimum absolute atomic E-state index is 0.0464. The van der Waals surface area contributed by atoms with Gasteiger partial charge in [-0.3, -0.25) is 9.59 Å². The van der Waals surface area contributed by atoms with Crippen LogP contribution in [-0.4, -0.2) is 57.5 Å². The molecule has 0 atom stereocenters. The van der Waals surface area contributed by atoms with Crippen LogP contribution in [0.5, 0.6) is 0 Å². The number of aromatic carboxylic acids is 1. The summed E-state index contributed by atoms with van der Waals surface area (Å²) in [4.78, 5) is 37.3. The van der Waals surface area contributed by atoms with Gasteiger partial charge in [0.05, 0.1) is 6.54 Å². The Bertz CT molecular complexity index is 539. The van der Waals surface area contributed by atoms with E-state index in [0.717, 1.165) is 6.42 Å². The van der Waals surface area contributed by atoms with Crippen molar-refractivity contribution in [3.05, 3.63) is 17.5 Å². The van der Waals surface area contributed by atoms with Crippen LogP contribution in [0.2, 0.25) is 0 Å². The number of carbonyl (C=O) groups is 3. The van der Waals surface area contributed by atoms with Crippen molar-refractivity contribution in [1.82, 2.24) is 15.0 Å². The normalized spacial score (nSPS) is 15.8. The number of piperazine rings is 1. The smallest absolute Gasteiger partial charge is 0.358 e. The van der Waals surface area contributed by atoms with Gasteiger partial charge in [-0.15, -0.1) is 0 Å². The van der Waals surface area contributed by atoms with E-state index in [4.69, 9.17) is 9.63 Å². The van der Waals surface area contributed by atoms with Crippen LogP contribution >= 0.6 is 0 Å². The van der Waals surface area contributed by atoms with Crippen molar-refractivity contribution < 1.29 is 24.0 Å². The van der Waals surface area contributed by atoms with Crippen LogP contribution in [0.15, 0.2) is 10.6 Å². The number of rotatable bonds is 5. The highest BCUT2D eigenvalue weighted by molar-refractivity contribution is 6.35. The predicted molar refractivity (Wildman–Crippen MR) is 65.8 cm³/mol. The van der Waals surface area contributed by atoms with Gasteiger partial charge in [-0.05, 0) is 6.42 Å². The van der Waals surface area contributed by atoms with Gasteiger partial charge in [0.25, 0.3) is 0 Å². The van der Waals surface area contributed by atoms with E-state index in [1.807, 2.05) is 6.92 Å². The summed E-state index contributed by atoms with van der Waals surface area (Å²) in [6.07, 6.45) is 0.795. The summed E-state index contributed by atoms with van der Waals surface area (Å²) in [7, 11) is 0. The third-order valence-electron chi connectivity index (χ3n) is 3.02. The van der Waals surface area contributed by atoms with Crippen LogP contribution in [0, 0.1) is 0 Å². The molecule has 2 heterocycles. The van der Waals surface area contributed by atoms with Crippen LogP contribution < -0.4 is 0 Å². The molecule has 0 saturated carbocycles. The number of carboxylic acid groups (broad SMARTS) is 1. The Hall–Kier alpha value is -2.38. The molecule has 108 valence electrons. The molecule has 0 spiro atoms. The Morgan fingerprint density at radius 2 is 2.00 bits per heavy atom. The Labute approximate surface area is 114 Å². The summed E-state index contributed by atoms with van der Waals surface area (Å²) < 4.78 is 4.84. The molecular formula is C12H15N3O5. The molecule has 8 heteroatoms. The van der Waals surface area contributed by atoms with Gasteiger partial charge >= 0.3 is 17.8 Å². The first-order valence-electron chi connectivity index (χ1n) is 6.30. The molecule has 0 aliphatic carbocycles. The standard InChI is InChI=1S/C12H15N3O5/c1-2-3-14-4-5-15(11(17)10(14)16)7-8-6-9(12(18)19)13-20-8/h6H,2-5,7H2,1H3,(H,18,19). The van der Waals surface area contributed by atoms with Crippen molar-refractivity contribution in [3.8, 4) is 0 Å². The van der Waals surface area contributed by atoms with Gasteiger partial charge in [0.2, 0.25) is 0 Å². The third-order valence-corrected chi connectivity index (χ3v) is 3.02. The van der Waals surface area contributed by atoms with Gasteiger partial charge in [0.15, 0.2) is 11.5 Å². The van der Waals surface area contributed by atoms with Gasteiger partial charge in [-0.2, -0.15) is 0 Å². The van der Waals surface area contributed by atoms with Crippen LogP contribution in [-0.2, 0) is 16.1 Å². The summed E-state index contributed by atoms with van der Waals surface area (Å²) in [6, 6.07) is 1.25. The lowest BCUT2D eigenvalue weighted by Crippen LogP contribution is -2.53. The second-order valence-corrected chi connectivity index (χ2v) is 4.50. The molecule has 0 aromatic carbocycles. The van der Waals surface area contributed by atoms with Gasteiger partial charge in [0.1, 0.15) is 0 Å². The highest BCUT2D eigenvalue weighted by atomic mass is 16.5. The van der Waals surface area contributed by atoms with Crippen molar-refractivity contribution in [2.45, 2.75) is 19.9 Å². The van der Waals surface area contributed by atoms with Gasteiger partial charge in [-0.1, -0.05) is 12.1 Å². The van der Waals surface area contributed by atoms with Crippen molar-refractivity contribution in [3.63, 3.8) is 0 Å². The minimum Gasteiger partial charge on any atom is -0.476 e. The van der Waals surface area contributed by atoms with Crippen LogP contribution in [0.3, 0.4) is 0 Å². The average Bonchev–Trinajstić information content (AvgIpc) is 2.87. The zero-order valence-electron chi connectivity index (χ0n) is 11.0. The zero-order chi connectivity index (χ0) is 14.7. The Morgan fingerprint density at radius 3 is 2.60 bits per heavy atom. The molecule has 1 aliphatic heterocycles. The van der Waals surface area contributed by atoms with E-state index in [1.54, 1.807) is 0 Å². The highest BCUT2D eigenvalue weighted by Gasteiger charge is 2.32. The van der Waals surface area contributed by atoms with Gasteiger partial charge in [0, 0.05) is 25.7 Å². The number of nitrogens with zero attached hydrogens (tertiary/aromatic N) is 3. The lowest BCUT2D eigenvalue weighted by Gasteiger charge is -2.32. The van der Waals surface area contributed by atoms with Crippen molar-refractivity contribution in [1.29, 1.82) is 0 Å². The molecule has 0 unspecified atom stereocenters. The first kappa shape index (κ1) is 14.0. The fourth-order valence-corrected chi connectivity index (χ4v) is 2.03. The van der Waals surface area contributed by atoms with E-state index < -0.39 is 17.8 Å². The fraction of sp³-hybridized carbons (Fsp3) is 0.500. The molecule has 1 N–H and O–H groups in total. The van der Waals surface area contributed by atoms with E-state index in [0.29, 0.717) is 19.6 Å². The maximum absolute atomic E-state index is 11.9. The van der Waals surface area contributed by atoms with Crippen LogP contribution in [0.25, 0.3) is 0 Å². The van der Waals surface area contributed by atoms with Crippen LogP contribution in [0.1, 0.15) is 29.6 Å². The van der Waals surface area contributed by atoms with Crippen molar-refractivity contribution in [2.75, 3.05) is 19.6 Å². The van der Waals surface area contributed by atoms with Crippen molar-refractivity contribution >= 4 is 17.8 Å². The first-order chi connectivity index (χ1) is 9.52. The summed E-state index contributed by atoms with van der Waals surface area (Å²) >= 11 is 0. The number of aromatic nitrogens is 1. The van der Waals surface area contributed by atoms with Gasteiger partial charge < -0.3 is 19.4 Å². The summed E-state index contributed by atoms with van der Waals surface area (Å²) in [6.45, 7) is 3.41. The van der Waals surface area contributed by atoms with E-state index in [9.17, 15) is 14.4 Å². The maximum atomic E-state index is 11.9. The summed E-state index contributed by atoms with van der Waals surface area (Å²) in [5.41, 5.74) is -0.219. The second kappa shape index (κ2) is 5.72. The van der Waals surface area contributed by atoms with Crippen molar-refractivity contribution in [2.24, 2.45) is 0 Å². The average molecular weight is 281 g/mol. The molecule has 1 aliphatic rings. The monoisotopic (exact) mass is 281 g/mol. The second-order valence-electron chi connectivity index (χ2n) is 4.50. The van der Waals surface area contributed by atoms with Crippen LogP contribution in [0.4, 0.5) is 0 Å². The fourth-order valence-electron chi connectivity index (χ4n) is 2.03. The number of hydrogen-bond acceptors (Lipinski definition) is 5. The van der Waals surface area contributed by atoms with Gasteiger partial charge in [-0.25, -0.2) is 4.79 Å². The number of carbonyl (C=O) groups excluding carboxylic acids is 2. The molecule has 0 bridgehead atoms. The zero-order valence-corrected chi connectivity index (χ0v) is 11.0. The van der Waals surface area contributed by atoms with E-state index in [1.165, 1.54) is 15.9 Å². The highest BCUT2D eigenvalue weighted by Crippen LogP contribution is 2.12. The van der Waals surface area contributed by atoms with E-state index >= 15 is 0 Å². The Balaban J connectivity index is 2.01. The largest absolute Gasteiger partial charge is 0.476 e.